The third kappa shape index (κ3) is 1.78. The monoisotopic (exact) mass is 217 g/mol. The maximum absolute atomic E-state index is 11.7. The predicted molar refractivity (Wildman–Crippen MR) is 62.9 cm³/mol. The van der Waals surface area contributed by atoms with E-state index in [-0.39, 0.29) is 11.9 Å². The average molecular weight is 217 g/mol. The molecule has 0 bridgehead atoms. The largest absolute Gasteiger partial charge is 0.369 e. The number of benzene rings is 1. The molecule has 1 aromatic rings. The lowest BCUT2D eigenvalue weighted by Crippen LogP contribution is -2.42. The van der Waals surface area contributed by atoms with Crippen molar-refractivity contribution in [3.05, 3.63) is 35.4 Å². The molecule has 1 atom stereocenters. The Balaban J connectivity index is 2.37. The van der Waals surface area contributed by atoms with Gasteiger partial charge in [0.1, 0.15) is 0 Å². The van der Waals surface area contributed by atoms with Crippen molar-refractivity contribution in [2.24, 2.45) is 10.7 Å². The van der Waals surface area contributed by atoms with Gasteiger partial charge < -0.3 is 5.73 Å². The molecule has 84 valence electrons. The van der Waals surface area contributed by atoms with E-state index in [4.69, 9.17) is 5.73 Å². The topological polar surface area (TPSA) is 58.7 Å². The lowest BCUT2D eigenvalue weighted by Gasteiger charge is -2.26. The molecule has 1 aliphatic heterocycles. The number of guanidine groups is 1. The zero-order valence-electron chi connectivity index (χ0n) is 9.47. The van der Waals surface area contributed by atoms with Crippen LogP contribution in [0.1, 0.15) is 23.6 Å². The van der Waals surface area contributed by atoms with Crippen molar-refractivity contribution in [1.29, 1.82) is 0 Å². The highest BCUT2D eigenvalue weighted by molar-refractivity contribution is 5.98. The van der Waals surface area contributed by atoms with Gasteiger partial charge in [-0.25, -0.2) is 4.99 Å². The van der Waals surface area contributed by atoms with Crippen molar-refractivity contribution >= 4 is 11.9 Å². The normalized spacial score (nSPS) is 20.9. The molecule has 4 nitrogen and oxygen atoms in total. The van der Waals surface area contributed by atoms with Crippen LogP contribution >= 0.6 is 0 Å². The van der Waals surface area contributed by atoms with Gasteiger partial charge >= 0.3 is 0 Å². The van der Waals surface area contributed by atoms with Gasteiger partial charge in [-0.1, -0.05) is 24.3 Å². The van der Waals surface area contributed by atoms with Gasteiger partial charge in [0, 0.05) is 7.05 Å². The lowest BCUT2D eigenvalue weighted by atomic mass is 9.98. The number of rotatable bonds is 1. The summed E-state index contributed by atoms with van der Waals surface area (Å²) in [5, 5.41) is 0. The zero-order chi connectivity index (χ0) is 11.7. The second-order valence-electron chi connectivity index (χ2n) is 4.02. The Morgan fingerprint density at radius 3 is 2.75 bits per heavy atom. The predicted octanol–water partition coefficient (Wildman–Crippen LogP) is 1.21. The number of amides is 1. The van der Waals surface area contributed by atoms with Crippen LogP contribution in [0, 0.1) is 6.92 Å². The first-order valence-electron chi connectivity index (χ1n) is 5.25. The SMILES string of the molecule is Cc1ccccc1C1CC(=O)N(C)C(N)=N1. The minimum atomic E-state index is -0.134. The molecule has 1 unspecified atom stereocenters. The number of hydrogen-bond acceptors (Lipinski definition) is 3. The van der Waals surface area contributed by atoms with E-state index < -0.39 is 0 Å². The van der Waals surface area contributed by atoms with Crippen LogP contribution in [0.4, 0.5) is 0 Å². The molecule has 1 aliphatic rings. The summed E-state index contributed by atoms with van der Waals surface area (Å²) >= 11 is 0. The minimum Gasteiger partial charge on any atom is -0.369 e. The Bertz CT molecular complexity index is 453. The summed E-state index contributed by atoms with van der Waals surface area (Å²) in [7, 11) is 1.65. The molecule has 1 heterocycles. The summed E-state index contributed by atoms with van der Waals surface area (Å²) in [5.74, 6) is 0.310. The van der Waals surface area contributed by atoms with Crippen molar-refractivity contribution in [1.82, 2.24) is 4.90 Å². The van der Waals surface area contributed by atoms with Crippen LogP contribution < -0.4 is 5.73 Å². The summed E-state index contributed by atoms with van der Waals surface area (Å²) in [5.41, 5.74) is 7.92. The second-order valence-corrected chi connectivity index (χ2v) is 4.02. The number of carbonyl (C=O) groups is 1. The molecular formula is C12H15N3O. The van der Waals surface area contributed by atoms with E-state index in [0.717, 1.165) is 11.1 Å². The van der Waals surface area contributed by atoms with Crippen molar-refractivity contribution < 1.29 is 4.79 Å². The van der Waals surface area contributed by atoms with Crippen LogP contribution in [0.2, 0.25) is 0 Å². The molecule has 2 N–H and O–H groups in total. The van der Waals surface area contributed by atoms with Crippen LogP contribution in [0.15, 0.2) is 29.3 Å². The zero-order valence-corrected chi connectivity index (χ0v) is 9.47. The molecule has 16 heavy (non-hydrogen) atoms. The van der Waals surface area contributed by atoms with Crippen LogP contribution in [-0.2, 0) is 4.79 Å². The Labute approximate surface area is 94.8 Å². The summed E-state index contributed by atoms with van der Waals surface area (Å²) in [6, 6.07) is 7.81. The first-order valence-corrected chi connectivity index (χ1v) is 5.25. The van der Waals surface area contributed by atoms with Crippen molar-refractivity contribution in [3.63, 3.8) is 0 Å². The maximum atomic E-state index is 11.7. The number of nitrogens with two attached hydrogens (primary N) is 1. The lowest BCUT2D eigenvalue weighted by molar-refractivity contribution is -0.127. The van der Waals surface area contributed by atoms with E-state index in [9.17, 15) is 4.79 Å². The van der Waals surface area contributed by atoms with Crippen molar-refractivity contribution in [3.8, 4) is 0 Å². The molecule has 0 saturated heterocycles. The first kappa shape index (κ1) is 10.7. The molecule has 2 rings (SSSR count). The molecule has 0 aliphatic carbocycles. The fourth-order valence-corrected chi connectivity index (χ4v) is 1.86. The van der Waals surface area contributed by atoms with Crippen molar-refractivity contribution in [2.75, 3.05) is 7.05 Å². The number of hydrogen-bond donors (Lipinski definition) is 1. The van der Waals surface area contributed by atoms with E-state index >= 15 is 0 Å². The van der Waals surface area contributed by atoms with E-state index in [1.54, 1.807) is 7.05 Å². The molecule has 0 aromatic heterocycles. The van der Waals surface area contributed by atoms with Gasteiger partial charge in [0.25, 0.3) is 0 Å². The Morgan fingerprint density at radius 2 is 2.12 bits per heavy atom. The van der Waals surface area contributed by atoms with Gasteiger partial charge in [0.2, 0.25) is 5.91 Å². The molecule has 0 spiro atoms. The number of carbonyl (C=O) groups excluding carboxylic acids is 1. The standard InChI is InChI=1S/C12H15N3O/c1-8-5-3-4-6-9(8)10-7-11(16)15(2)12(13)14-10/h3-6,10H,7H2,1-2H3,(H2,13,14). The van der Waals surface area contributed by atoms with E-state index in [1.807, 2.05) is 31.2 Å². The minimum absolute atomic E-state index is 0.0146. The fourth-order valence-electron chi connectivity index (χ4n) is 1.86. The van der Waals surface area contributed by atoms with Gasteiger partial charge in [-0.3, -0.25) is 9.69 Å². The molecule has 0 radical (unpaired) electrons. The molecule has 1 amide bonds. The third-order valence-corrected chi connectivity index (χ3v) is 2.92. The molecular weight excluding hydrogens is 202 g/mol. The molecule has 1 aromatic carbocycles. The van der Waals surface area contributed by atoms with Gasteiger partial charge in [0.05, 0.1) is 12.5 Å². The van der Waals surface area contributed by atoms with Gasteiger partial charge in [0.15, 0.2) is 5.96 Å². The number of nitrogens with zero attached hydrogens (tertiary/aromatic N) is 2. The maximum Gasteiger partial charge on any atom is 0.231 e. The fraction of sp³-hybridized carbons (Fsp3) is 0.333. The van der Waals surface area contributed by atoms with Gasteiger partial charge in [-0.05, 0) is 18.1 Å². The summed E-state index contributed by atoms with van der Waals surface area (Å²) in [4.78, 5) is 17.4. The number of aryl methyl sites for hydroxylation is 1. The van der Waals surface area contributed by atoms with Crippen LogP contribution in [-0.4, -0.2) is 23.8 Å². The summed E-state index contributed by atoms with van der Waals surface area (Å²) in [6.07, 6.45) is 0.391. The highest BCUT2D eigenvalue weighted by Gasteiger charge is 2.26. The molecule has 0 saturated carbocycles. The van der Waals surface area contributed by atoms with Crippen LogP contribution in [0.3, 0.4) is 0 Å². The average Bonchev–Trinajstić information content (AvgIpc) is 2.26. The van der Waals surface area contributed by atoms with E-state index in [0.29, 0.717) is 12.4 Å². The Morgan fingerprint density at radius 1 is 1.44 bits per heavy atom. The second kappa shape index (κ2) is 3.96. The van der Waals surface area contributed by atoms with Gasteiger partial charge in [-0.2, -0.15) is 0 Å². The summed E-state index contributed by atoms with van der Waals surface area (Å²) in [6.45, 7) is 2.02. The smallest absolute Gasteiger partial charge is 0.231 e. The number of aliphatic imine (C=N–C) groups is 1. The molecule has 4 heteroatoms. The van der Waals surface area contributed by atoms with E-state index in [2.05, 4.69) is 4.99 Å². The van der Waals surface area contributed by atoms with Crippen LogP contribution in [0.5, 0.6) is 0 Å². The van der Waals surface area contributed by atoms with Crippen molar-refractivity contribution in [2.45, 2.75) is 19.4 Å². The highest BCUT2D eigenvalue weighted by atomic mass is 16.2. The van der Waals surface area contributed by atoms with Gasteiger partial charge in [-0.15, -0.1) is 0 Å². The third-order valence-electron chi connectivity index (χ3n) is 2.92. The summed E-state index contributed by atoms with van der Waals surface area (Å²) < 4.78 is 0. The first-order chi connectivity index (χ1) is 7.59. The van der Waals surface area contributed by atoms with Crippen LogP contribution in [0.25, 0.3) is 0 Å². The Hall–Kier alpha value is -1.84. The van der Waals surface area contributed by atoms with E-state index in [1.165, 1.54) is 4.90 Å². The highest BCUT2D eigenvalue weighted by Crippen LogP contribution is 2.27. The Kier molecular flexibility index (Phi) is 2.64. The quantitative estimate of drug-likeness (QED) is 0.768. The molecule has 0 fully saturated rings.